The summed E-state index contributed by atoms with van der Waals surface area (Å²) in [4.78, 5) is 0. The Morgan fingerprint density at radius 2 is 2.22 bits per heavy atom. The second kappa shape index (κ2) is 6.92. The molecule has 0 bridgehead atoms. The SMILES string of the molecule is CCNCc1cc(OCc2ccsc2)ccc1Br. The summed E-state index contributed by atoms with van der Waals surface area (Å²) in [6.07, 6.45) is 0. The van der Waals surface area contributed by atoms with E-state index >= 15 is 0 Å². The quantitative estimate of drug-likeness (QED) is 0.859. The Labute approximate surface area is 120 Å². The van der Waals surface area contributed by atoms with E-state index in [4.69, 9.17) is 4.74 Å². The fourth-order valence-corrected chi connectivity index (χ4v) is 2.62. The summed E-state index contributed by atoms with van der Waals surface area (Å²) in [7, 11) is 0. The first-order chi connectivity index (χ1) is 8.79. The zero-order valence-electron chi connectivity index (χ0n) is 10.3. The van der Waals surface area contributed by atoms with Crippen molar-refractivity contribution < 1.29 is 4.74 Å². The number of hydrogen-bond donors (Lipinski definition) is 1. The lowest BCUT2D eigenvalue weighted by Gasteiger charge is -2.09. The van der Waals surface area contributed by atoms with Crippen LogP contribution in [0.4, 0.5) is 0 Å². The van der Waals surface area contributed by atoms with Gasteiger partial charge in [-0.1, -0.05) is 22.9 Å². The first-order valence-electron chi connectivity index (χ1n) is 5.92. The lowest BCUT2D eigenvalue weighted by atomic mass is 10.2. The zero-order chi connectivity index (χ0) is 12.8. The lowest BCUT2D eigenvalue weighted by molar-refractivity contribution is 0.306. The van der Waals surface area contributed by atoms with Gasteiger partial charge in [-0.05, 0) is 52.7 Å². The molecule has 0 aliphatic carbocycles. The fourth-order valence-electron chi connectivity index (χ4n) is 1.58. The second-order valence-electron chi connectivity index (χ2n) is 3.95. The van der Waals surface area contributed by atoms with Gasteiger partial charge in [0.05, 0.1) is 0 Å². The van der Waals surface area contributed by atoms with Gasteiger partial charge in [-0.25, -0.2) is 0 Å². The van der Waals surface area contributed by atoms with Gasteiger partial charge in [0, 0.05) is 11.0 Å². The molecule has 0 radical (unpaired) electrons. The van der Waals surface area contributed by atoms with Crippen LogP contribution in [0.2, 0.25) is 0 Å². The van der Waals surface area contributed by atoms with Crippen molar-refractivity contribution in [3.63, 3.8) is 0 Å². The average molecular weight is 326 g/mol. The van der Waals surface area contributed by atoms with Crippen LogP contribution in [-0.4, -0.2) is 6.54 Å². The van der Waals surface area contributed by atoms with Crippen LogP contribution in [0, 0.1) is 0 Å². The molecule has 1 aromatic carbocycles. The Hall–Kier alpha value is -0.840. The van der Waals surface area contributed by atoms with E-state index in [1.807, 2.05) is 12.1 Å². The maximum atomic E-state index is 5.78. The Bertz CT molecular complexity index is 485. The van der Waals surface area contributed by atoms with Crippen LogP contribution in [0.15, 0.2) is 39.5 Å². The van der Waals surface area contributed by atoms with E-state index < -0.39 is 0 Å². The van der Waals surface area contributed by atoms with Gasteiger partial charge in [-0.3, -0.25) is 0 Å². The minimum atomic E-state index is 0.631. The minimum absolute atomic E-state index is 0.631. The Balaban J connectivity index is 2.00. The van der Waals surface area contributed by atoms with Gasteiger partial charge >= 0.3 is 0 Å². The molecule has 0 amide bonds. The predicted molar refractivity (Wildman–Crippen MR) is 80.2 cm³/mol. The van der Waals surface area contributed by atoms with Crippen molar-refractivity contribution in [2.45, 2.75) is 20.1 Å². The molecule has 0 saturated heterocycles. The molecular weight excluding hydrogens is 310 g/mol. The average Bonchev–Trinajstić information content (AvgIpc) is 2.89. The third-order valence-corrected chi connectivity index (χ3v) is 4.07. The minimum Gasteiger partial charge on any atom is -0.489 e. The van der Waals surface area contributed by atoms with Crippen LogP contribution < -0.4 is 10.1 Å². The summed E-state index contributed by atoms with van der Waals surface area (Å²) >= 11 is 5.25. The molecule has 0 aliphatic rings. The first kappa shape index (κ1) is 13.6. The van der Waals surface area contributed by atoms with Gasteiger partial charge in [-0.2, -0.15) is 11.3 Å². The third kappa shape index (κ3) is 3.83. The Kier molecular flexibility index (Phi) is 5.23. The van der Waals surface area contributed by atoms with Gasteiger partial charge in [-0.15, -0.1) is 0 Å². The highest BCUT2D eigenvalue weighted by Gasteiger charge is 2.03. The number of ether oxygens (including phenoxy) is 1. The summed E-state index contributed by atoms with van der Waals surface area (Å²) in [6, 6.07) is 8.20. The molecular formula is C14H16BrNOS. The van der Waals surface area contributed by atoms with E-state index in [1.165, 1.54) is 11.1 Å². The maximum Gasteiger partial charge on any atom is 0.120 e. The van der Waals surface area contributed by atoms with Gasteiger partial charge in [0.25, 0.3) is 0 Å². The molecule has 2 rings (SSSR count). The number of nitrogens with one attached hydrogen (secondary N) is 1. The molecule has 2 aromatic rings. The van der Waals surface area contributed by atoms with E-state index in [0.717, 1.165) is 23.3 Å². The van der Waals surface area contributed by atoms with Crippen molar-refractivity contribution in [3.05, 3.63) is 50.6 Å². The molecule has 0 unspecified atom stereocenters. The van der Waals surface area contributed by atoms with Crippen LogP contribution in [0.3, 0.4) is 0 Å². The van der Waals surface area contributed by atoms with E-state index in [1.54, 1.807) is 11.3 Å². The zero-order valence-corrected chi connectivity index (χ0v) is 12.7. The predicted octanol–water partition coefficient (Wildman–Crippen LogP) is 4.20. The normalized spacial score (nSPS) is 10.6. The second-order valence-corrected chi connectivity index (χ2v) is 5.59. The standard InChI is InChI=1S/C14H16BrNOS/c1-2-16-8-12-7-13(3-4-14(12)15)17-9-11-5-6-18-10-11/h3-7,10,16H,2,8-9H2,1H3. The van der Waals surface area contributed by atoms with Gasteiger partial charge in [0.1, 0.15) is 12.4 Å². The first-order valence-corrected chi connectivity index (χ1v) is 7.66. The molecule has 0 aliphatic heterocycles. The van der Waals surface area contributed by atoms with Crippen molar-refractivity contribution in [2.24, 2.45) is 0 Å². The Morgan fingerprint density at radius 1 is 1.33 bits per heavy atom. The molecule has 96 valence electrons. The van der Waals surface area contributed by atoms with Crippen LogP contribution >= 0.6 is 27.3 Å². The number of thiophene rings is 1. The van der Waals surface area contributed by atoms with Crippen molar-refractivity contribution in [2.75, 3.05) is 6.54 Å². The summed E-state index contributed by atoms with van der Waals surface area (Å²) in [5, 5.41) is 7.49. The molecule has 18 heavy (non-hydrogen) atoms. The number of hydrogen-bond acceptors (Lipinski definition) is 3. The summed E-state index contributed by atoms with van der Waals surface area (Å²) in [5.74, 6) is 0.914. The highest BCUT2D eigenvalue weighted by molar-refractivity contribution is 9.10. The number of halogens is 1. The van der Waals surface area contributed by atoms with Crippen LogP contribution in [0.5, 0.6) is 5.75 Å². The molecule has 0 atom stereocenters. The molecule has 1 heterocycles. The number of benzene rings is 1. The Morgan fingerprint density at radius 3 is 2.94 bits per heavy atom. The van der Waals surface area contributed by atoms with E-state index in [9.17, 15) is 0 Å². The van der Waals surface area contributed by atoms with Gasteiger partial charge < -0.3 is 10.1 Å². The van der Waals surface area contributed by atoms with Crippen molar-refractivity contribution in [3.8, 4) is 5.75 Å². The largest absolute Gasteiger partial charge is 0.489 e. The van der Waals surface area contributed by atoms with Gasteiger partial charge in [0.2, 0.25) is 0 Å². The number of rotatable bonds is 6. The molecule has 1 aromatic heterocycles. The van der Waals surface area contributed by atoms with Crippen molar-refractivity contribution in [1.29, 1.82) is 0 Å². The molecule has 0 spiro atoms. The van der Waals surface area contributed by atoms with Crippen molar-refractivity contribution >= 4 is 27.3 Å². The monoisotopic (exact) mass is 325 g/mol. The molecule has 0 fully saturated rings. The molecule has 2 nitrogen and oxygen atoms in total. The summed E-state index contributed by atoms with van der Waals surface area (Å²) in [6.45, 7) is 4.55. The van der Waals surface area contributed by atoms with E-state index in [-0.39, 0.29) is 0 Å². The highest BCUT2D eigenvalue weighted by Crippen LogP contribution is 2.23. The fraction of sp³-hybridized carbons (Fsp3) is 0.286. The van der Waals surface area contributed by atoms with Crippen molar-refractivity contribution in [1.82, 2.24) is 5.32 Å². The molecule has 1 N–H and O–H groups in total. The third-order valence-electron chi connectivity index (χ3n) is 2.57. The molecule has 0 saturated carbocycles. The summed E-state index contributed by atoms with van der Waals surface area (Å²) in [5.41, 5.74) is 2.44. The van der Waals surface area contributed by atoms with Crippen LogP contribution in [0.25, 0.3) is 0 Å². The van der Waals surface area contributed by atoms with E-state index in [0.29, 0.717) is 6.61 Å². The van der Waals surface area contributed by atoms with E-state index in [2.05, 4.69) is 51.1 Å². The van der Waals surface area contributed by atoms with Crippen LogP contribution in [0.1, 0.15) is 18.1 Å². The van der Waals surface area contributed by atoms with Gasteiger partial charge in [0.15, 0.2) is 0 Å². The topological polar surface area (TPSA) is 21.3 Å². The highest BCUT2D eigenvalue weighted by atomic mass is 79.9. The molecule has 4 heteroatoms. The summed E-state index contributed by atoms with van der Waals surface area (Å²) < 4.78 is 6.90. The van der Waals surface area contributed by atoms with Crippen LogP contribution in [-0.2, 0) is 13.2 Å². The maximum absolute atomic E-state index is 5.78. The smallest absolute Gasteiger partial charge is 0.120 e. The lowest BCUT2D eigenvalue weighted by Crippen LogP contribution is -2.12.